The second-order valence-electron chi connectivity index (χ2n) is 7.32. The number of anilines is 2. The Balaban J connectivity index is 1.49. The number of nitrogens with one attached hydrogen (secondary N) is 1. The Kier molecular flexibility index (Phi) is 6.32. The molecule has 156 valence electrons. The van der Waals surface area contributed by atoms with E-state index in [0.717, 1.165) is 29.5 Å². The number of hydrogen-bond acceptors (Lipinski definition) is 5. The van der Waals surface area contributed by atoms with Gasteiger partial charge in [-0.25, -0.2) is 0 Å². The molecule has 0 unspecified atom stereocenters. The van der Waals surface area contributed by atoms with Crippen LogP contribution in [0.15, 0.2) is 54.9 Å². The van der Waals surface area contributed by atoms with Gasteiger partial charge >= 0.3 is 0 Å². The highest BCUT2D eigenvalue weighted by Gasteiger charge is 2.16. The van der Waals surface area contributed by atoms with Crippen LogP contribution >= 0.6 is 0 Å². The Bertz CT molecular complexity index is 1020. The van der Waals surface area contributed by atoms with Gasteiger partial charge in [0, 0.05) is 41.9 Å². The zero-order valence-electron chi connectivity index (χ0n) is 17.3. The lowest BCUT2D eigenvalue weighted by molar-refractivity contribution is -0.118. The normalized spacial score (nSPS) is 13.8. The number of fused-ring (bicyclic) bond motifs is 1. The van der Waals surface area contributed by atoms with Gasteiger partial charge in [0.1, 0.15) is 0 Å². The minimum atomic E-state index is -0.225. The van der Waals surface area contributed by atoms with Crippen LogP contribution < -0.4 is 19.7 Å². The molecule has 2 aromatic carbocycles. The summed E-state index contributed by atoms with van der Waals surface area (Å²) in [4.78, 5) is 19.3. The van der Waals surface area contributed by atoms with Gasteiger partial charge < -0.3 is 19.7 Å². The zero-order chi connectivity index (χ0) is 20.8. The second kappa shape index (κ2) is 9.48. The van der Waals surface area contributed by atoms with Crippen molar-refractivity contribution in [2.24, 2.45) is 0 Å². The maximum atomic E-state index is 12.6. The molecule has 4 rings (SSSR count). The maximum Gasteiger partial charge on any atom is 0.262 e. The highest BCUT2D eigenvalue weighted by Crippen LogP contribution is 2.33. The Labute approximate surface area is 176 Å². The van der Waals surface area contributed by atoms with Crippen molar-refractivity contribution >= 4 is 28.1 Å². The zero-order valence-corrected chi connectivity index (χ0v) is 17.3. The third kappa shape index (κ3) is 4.48. The van der Waals surface area contributed by atoms with Crippen LogP contribution in [0.1, 0.15) is 26.2 Å². The first-order valence-electron chi connectivity index (χ1n) is 10.5. The van der Waals surface area contributed by atoms with Gasteiger partial charge in [-0.2, -0.15) is 0 Å². The highest BCUT2D eigenvalue weighted by molar-refractivity contribution is 6.06. The molecule has 1 N–H and O–H groups in total. The van der Waals surface area contributed by atoms with Crippen LogP contribution in [0.2, 0.25) is 0 Å². The molecular weight excluding hydrogens is 378 g/mol. The van der Waals surface area contributed by atoms with Crippen molar-refractivity contribution in [2.75, 3.05) is 36.5 Å². The average Bonchev–Trinajstić information content (AvgIpc) is 2.79. The number of carbonyl (C=O) groups is 1. The van der Waals surface area contributed by atoms with Crippen molar-refractivity contribution in [3.8, 4) is 11.5 Å². The number of rotatable bonds is 7. The number of para-hydroxylation sites is 2. The van der Waals surface area contributed by atoms with Crippen LogP contribution in [-0.4, -0.2) is 37.2 Å². The van der Waals surface area contributed by atoms with E-state index in [-0.39, 0.29) is 12.5 Å². The van der Waals surface area contributed by atoms with Gasteiger partial charge in [0.25, 0.3) is 5.91 Å². The van der Waals surface area contributed by atoms with Crippen molar-refractivity contribution in [2.45, 2.75) is 26.2 Å². The minimum absolute atomic E-state index is 0.0975. The fourth-order valence-corrected chi connectivity index (χ4v) is 3.87. The van der Waals surface area contributed by atoms with Crippen LogP contribution in [0.25, 0.3) is 10.8 Å². The Morgan fingerprint density at radius 3 is 2.53 bits per heavy atom. The fourth-order valence-electron chi connectivity index (χ4n) is 3.87. The molecule has 6 heteroatoms. The van der Waals surface area contributed by atoms with E-state index in [0.29, 0.717) is 18.1 Å². The predicted molar refractivity (Wildman–Crippen MR) is 120 cm³/mol. The average molecular weight is 405 g/mol. The van der Waals surface area contributed by atoms with E-state index < -0.39 is 0 Å². The molecule has 0 radical (unpaired) electrons. The first kappa shape index (κ1) is 20.0. The summed E-state index contributed by atoms with van der Waals surface area (Å²) in [6.45, 7) is 4.48. The number of pyridine rings is 1. The number of hydrogen-bond donors (Lipinski definition) is 1. The fraction of sp³-hybridized carbons (Fsp3) is 0.333. The molecule has 3 aromatic rings. The number of amides is 1. The second-order valence-corrected chi connectivity index (χ2v) is 7.32. The maximum absolute atomic E-state index is 12.6. The summed E-state index contributed by atoms with van der Waals surface area (Å²) in [5.74, 6) is 0.965. The first-order valence-corrected chi connectivity index (χ1v) is 10.5. The molecule has 6 nitrogen and oxygen atoms in total. The Morgan fingerprint density at radius 2 is 1.77 bits per heavy atom. The quantitative estimate of drug-likeness (QED) is 0.620. The van der Waals surface area contributed by atoms with E-state index in [1.807, 2.05) is 43.5 Å². The third-order valence-electron chi connectivity index (χ3n) is 5.27. The van der Waals surface area contributed by atoms with E-state index in [9.17, 15) is 4.79 Å². The summed E-state index contributed by atoms with van der Waals surface area (Å²) in [6.07, 6.45) is 7.33. The molecule has 0 spiro atoms. The number of benzene rings is 2. The largest absolute Gasteiger partial charge is 0.490 e. The first-order chi connectivity index (χ1) is 14.8. The molecule has 0 atom stereocenters. The van der Waals surface area contributed by atoms with E-state index in [1.54, 1.807) is 12.3 Å². The molecule has 0 saturated carbocycles. The number of carbonyl (C=O) groups excluding carboxylic acids is 1. The summed E-state index contributed by atoms with van der Waals surface area (Å²) in [6, 6.07) is 13.4. The van der Waals surface area contributed by atoms with E-state index in [4.69, 9.17) is 9.47 Å². The highest BCUT2D eigenvalue weighted by atomic mass is 16.5. The monoisotopic (exact) mass is 405 g/mol. The Morgan fingerprint density at radius 1 is 1.00 bits per heavy atom. The molecule has 2 heterocycles. The third-order valence-corrected chi connectivity index (χ3v) is 5.27. The smallest absolute Gasteiger partial charge is 0.262 e. The molecule has 0 aliphatic carbocycles. The van der Waals surface area contributed by atoms with Crippen molar-refractivity contribution in [1.82, 2.24) is 4.98 Å². The van der Waals surface area contributed by atoms with Gasteiger partial charge in [-0.15, -0.1) is 0 Å². The molecular formula is C24H27N3O3. The summed E-state index contributed by atoms with van der Waals surface area (Å²) in [5, 5.41) is 5.01. The van der Waals surface area contributed by atoms with Gasteiger partial charge in [-0.3, -0.25) is 9.78 Å². The summed E-state index contributed by atoms with van der Waals surface area (Å²) in [5.41, 5.74) is 1.94. The minimum Gasteiger partial charge on any atom is -0.490 e. The standard InChI is InChI=1S/C24H27N3O3/c1-2-29-22-8-4-5-9-23(22)30-17-24(28)26-20-10-11-21(27-14-6-3-7-15-27)18-12-13-25-16-19(18)20/h4-5,8-13,16H,2-3,6-7,14-15,17H2,1H3,(H,26,28). The van der Waals surface area contributed by atoms with Crippen molar-refractivity contribution < 1.29 is 14.3 Å². The van der Waals surface area contributed by atoms with Gasteiger partial charge in [0.15, 0.2) is 18.1 Å². The molecule has 1 aromatic heterocycles. The van der Waals surface area contributed by atoms with Gasteiger partial charge in [-0.1, -0.05) is 12.1 Å². The van der Waals surface area contributed by atoms with Gasteiger partial charge in [0.05, 0.1) is 12.3 Å². The number of piperidine rings is 1. The van der Waals surface area contributed by atoms with Crippen LogP contribution in [-0.2, 0) is 4.79 Å². The molecule has 30 heavy (non-hydrogen) atoms. The topological polar surface area (TPSA) is 63.7 Å². The summed E-state index contributed by atoms with van der Waals surface area (Å²) in [7, 11) is 0. The van der Waals surface area contributed by atoms with Gasteiger partial charge in [0.2, 0.25) is 0 Å². The number of nitrogens with zero attached hydrogens (tertiary/aromatic N) is 2. The molecule has 1 aliphatic rings. The van der Waals surface area contributed by atoms with Crippen LogP contribution in [0.5, 0.6) is 11.5 Å². The van der Waals surface area contributed by atoms with Crippen molar-refractivity contribution in [3.63, 3.8) is 0 Å². The van der Waals surface area contributed by atoms with Crippen molar-refractivity contribution in [1.29, 1.82) is 0 Å². The summed E-state index contributed by atoms with van der Waals surface area (Å²) < 4.78 is 11.2. The lowest BCUT2D eigenvalue weighted by Gasteiger charge is -2.30. The Hall–Kier alpha value is -3.28. The lowest BCUT2D eigenvalue weighted by Crippen LogP contribution is -2.29. The van der Waals surface area contributed by atoms with E-state index >= 15 is 0 Å². The molecule has 1 aliphatic heterocycles. The van der Waals surface area contributed by atoms with Crippen molar-refractivity contribution in [3.05, 3.63) is 54.9 Å². The van der Waals surface area contributed by atoms with E-state index in [1.165, 1.54) is 24.9 Å². The lowest BCUT2D eigenvalue weighted by atomic mass is 10.1. The van der Waals surface area contributed by atoms with E-state index in [2.05, 4.69) is 21.3 Å². The molecule has 1 saturated heterocycles. The number of aromatic nitrogens is 1. The number of ether oxygens (including phenoxy) is 2. The van der Waals surface area contributed by atoms with Crippen LogP contribution in [0, 0.1) is 0 Å². The van der Waals surface area contributed by atoms with Crippen LogP contribution in [0.3, 0.4) is 0 Å². The molecule has 1 fully saturated rings. The molecule has 1 amide bonds. The SMILES string of the molecule is CCOc1ccccc1OCC(=O)Nc1ccc(N2CCCCC2)c2ccncc12. The summed E-state index contributed by atoms with van der Waals surface area (Å²) >= 11 is 0. The molecule has 0 bridgehead atoms. The van der Waals surface area contributed by atoms with Crippen LogP contribution in [0.4, 0.5) is 11.4 Å². The van der Waals surface area contributed by atoms with Gasteiger partial charge in [-0.05, 0) is 56.5 Å². The predicted octanol–water partition coefficient (Wildman–Crippen LogP) is 4.64.